The summed E-state index contributed by atoms with van der Waals surface area (Å²) in [6.07, 6.45) is 1.13. The van der Waals surface area contributed by atoms with Crippen molar-refractivity contribution in [1.29, 1.82) is 0 Å². The van der Waals surface area contributed by atoms with E-state index < -0.39 is 6.09 Å². The number of nitrogens with zero attached hydrogens (tertiary/aromatic N) is 1. The molecular formula is C7H15NO3S2. The van der Waals surface area contributed by atoms with Crippen molar-refractivity contribution in [2.45, 2.75) is 19.8 Å². The third-order valence-electron chi connectivity index (χ3n) is 1.28. The van der Waals surface area contributed by atoms with Crippen LogP contribution in [0.4, 0.5) is 4.79 Å². The molecule has 0 fully saturated rings. The summed E-state index contributed by atoms with van der Waals surface area (Å²) >= 11 is 7.30. The Labute approximate surface area is 89.7 Å². The molecule has 0 unspecified atom stereocenters. The molecule has 1 amide bonds. The third kappa shape index (κ3) is 8.27. The van der Waals surface area contributed by atoms with Crippen LogP contribution >= 0.6 is 25.6 Å². The highest BCUT2D eigenvalue weighted by Crippen LogP contribution is 2.01. The monoisotopic (exact) mass is 225 g/mol. The summed E-state index contributed by atoms with van der Waals surface area (Å²) in [5.74, 6) is 0. The van der Waals surface area contributed by atoms with Crippen molar-refractivity contribution in [3.63, 3.8) is 0 Å². The highest BCUT2D eigenvalue weighted by Gasteiger charge is 2.05. The Morgan fingerprint density at radius 3 is 2.46 bits per heavy atom. The smallest absolute Gasteiger partial charge is 0.429 e. The van der Waals surface area contributed by atoms with Gasteiger partial charge in [-0.1, -0.05) is 0 Å². The maximum atomic E-state index is 10.8. The fraction of sp³-hybridized carbons (Fsp3) is 0.857. The number of rotatable bonds is 6. The van der Waals surface area contributed by atoms with E-state index in [4.69, 9.17) is 9.47 Å². The molecule has 0 atom stereocenters. The van der Waals surface area contributed by atoms with E-state index in [0.29, 0.717) is 13.2 Å². The van der Waals surface area contributed by atoms with Crippen LogP contribution < -0.4 is 0 Å². The van der Waals surface area contributed by atoms with Gasteiger partial charge >= 0.3 is 6.09 Å². The Hall–Kier alpha value is -0.0700. The number of amides is 1. The molecular weight excluding hydrogens is 210 g/mol. The molecule has 78 valence electrons. The van der Waals surface area contributed by atoms with Gasteiger partial charge in [-0.2, -0.15) is 3.71 Å². The normalized spacial score (nSPS) is 9.77. The lowest BCUT2D eigenvalue weighted by atomic mass is 10.3. The molecule has 0 aromatic carbocycles. The van der Waals surface area contributed by atoms with Crippen LogP contribution in [0.15, 0.2) is 0 Å². The summed E-state index contributed by atoms with van der Waals surface area (Å²) < 4.78 is 10.7. The van der Waals surface area contributed by atoms with Gasteiger partial charge in [-0.25, -0.2) is 4.79 Å². The molecule has 4 nitrogen and oxygen atoms in total. The predicted octanol–water partition coefficient (Wildman–Crippen LogP) is 1.93. The first-order chi connectivity index (χ1) is 6.18. The van der Waals surface area contributed by atoms with E-state index in [1.807, 2.05) is 6.92 Å². The first kappa shape index (κ1) is 12.9. The van der Waals surface area contributed by atoms with Crippen molar-refractivity contribution in [3.05, 3.63) is 0 Å². The maximum absolute atomic E-state index is 10.8. The number of hydrogen-bond acceptors (Lipinski definition) is 5. The van der Waals surface area contributed by atoms with E-state index in [2.05, 4.69) is 25.6 Å². The molecule has 6 heteroatoms. The van der Waals surface area contributed by atoms with Crippen molar-refractivity contribution >= 4 is 31.7 Å². The Bertz CT molecular complexity index is 144. The van der Waals surface area contributed by atoms with E-state index in [1.165, 1.54) is 0 Å². The minimum Gasteiger partial charge on any atom is -0.448 e. The highest BCUT2D eigenvalue weighted by atomic mass is 32.2. The van der Waals surface area contributed by atoms with Crippen LogP contribution in [0.5, 0.6) is 0 Å². The van der Waals surface area contributed by atoms with Gasteiger partial charge in [0.2, 0.25) is 0 Å². The zero-order valence-corrected chi connectivity index (χ0v) is 9.39. The van der Waals surface area contributed by atoms with E-state index >= 15 is 0 Å². The molecule has 0 heterocycles. The molecule has 0 aliphatic heterocycles. The lowest BCUT2D eigenvalue weighted by molar-refractivity contribution is 0.121. The first-order valence-corrected chi connectivity index (χ1v) is 4.90. The number of ether oxygens (including phenoxy) is 2. The van der Waals surface area contributed by atoms with Crippen molar-refractivity contribution < 1.29 is 14.3 Å². The second-order valence-corrected chi connectivity index (χ2v) is 3.42. The van der Waals surface area contributed by atoms with Gasteiger partial charge in [0.1, 0.15) is 0 Å². The largest absolute Gasteiger partial charge is 0.448 e. The fourth-order valence-electron chi connectivity index (χ4n) is 0.668. The summed E-state index contributed by atoms with van der Waals surface area (Å²) in [4.78, 5) is 10.8. The Morgan fingerprint density at radius 1 is 1.31 bits per heavy atom. The zero-order valence-electron chi connectivity index (χ0n) is 7.60. The molecule has 0 saturated carbocycles. The minimum atomic E-state index is -0.553. The summed E-state index contributed by atoms with van der Waals surface area (Å²) in [6, 6.07) is 0. The number of hydrogen-bond donors (Lipinski definition) is 2. The van der Waals surface area contributed by atoms with E-state index in [9.17, 15) is 4.79 Å². The summed E-state index contributed by atoms with van der Waals surface area (Å²) in [5, 5.41) is 0. The molecule has 0 aromatic heterocycles. The van der Waals surface area contributed by atoms with Gasteiger partial charge in [-0.05, 0) is 45.4 Å². The van der Waals surface area contributed by atoms with E-state index in [1.54, 1.807) is 0 Å². The van der Waals surface area contributed by atoms with Crippen molar-refractivity contribution in [1.82, 2.24) is 3.71 Å². The third-order valence-corrected chi connectivity index (χ3v) is 1.60. The fourth-order valence-corrected chi connectivity index (χ4v) is 0.783. The quantitative estimate of drug-likeness (QED) is 0.536. The maximum Gasteiger partial charge on any atom is 0.429 e. The average molecular weight is 225 g/mol. The molecule has 13 heavy (non-hydrogen) atoms. The first-order valence-electron chi connectivity index (χ1n) is 4.10. The van der Waals surface area contributed by atoms with Crippen molar-refractivity contribution in [2.75, 3.05) is 19.8 Å². The van der Waals surface area contributed by atoms with Crippen LogP contribution in [0.2, 0.25) is 0 Å². The van der Waals surface area contributed by atoms with Gasteiger partial charge in [-0.15, -0.1) is 0 Å². The van der Waals surface area contributed by atoms with Crippen LogP contribution in [0.3, 0.4) is 0 Å². The van der Waals surface area contributed by atoms with Crippen LogP contribution in [0, 0.1) is 0 Å². The number of thiol groups is 2. The standard InChI is InChI=1S/C7H15NO3S2/c1-2-10-5-3-4-6-11-7(9)8(12)13/h12-13H,2-6H2,1H3. The van der Waals surface area contributed by atoms with E-state index in [0.717, 1.165) is 23.2 Å². The minimum absolute atomic E-state index is 0.378. The SMILES string of the molecule is CCOCCCCOC(=O)N(S)S. The molecule has 0 aromatic rings. The van der Waals surface area contributed by atoms with Crippen LogP contribution in [-0.4, -0.2) is 29.6 Å². The Morgan fingerprint density at radius 2 is 1.92 bits per heavy atom. The van der Waals surface area contributed by atoms with Crippen molar-refractivity contribution in [2.24, 2.45) is 0 Å². The molecule has 0 rings (SSSR count). The van der Waals surface area contributed by atoms with Gasteiger partial charge in [0.15, 0.2) is 0 Å². The highest BCUT2D eigenvalue weighted by molar-refractivity contribution is 7.94. The lowest BCUT2D eigenvalue weighted by Crippen LogP contribution is -2.14. The van der Waals surface area contributed by atoms with Crippen molar-refractivity contribution in [3.8, 4) is 0 Å². The molecule has 0 aliphatic carbocycles. The predicted molar refractivity (Wildman–Crippen MR) is 56.9 cm³/mol. The Balaban J connectivity index is 3.12. The summed E-state index contributed by atoms with van der Waals surface area (Å²) in [5.41, 5.74) is 0. The average Bonchev–Trinajstić information content (AvgIpc) is 2.10. The molecule has 0 spiro atoms. The van der Waals surface area contributed by atoms with Gasteiger partial charge in [0.25, 0.3) is 0 Å². The van der Waals surface area contributed by atoms with Crippen LogP contribution in [0.1, 0.15) is 19.8 Å². The van der Waals surface area contributed by atoms with Gasteiger partial charge in [-0.3, -0.25) is 0 Å². The summed E-state index contributed by atoms with van der Waals surface area (Å²) in [6.45, 7) is 3.75. The van der Waals surface area contributed by atoms with Gasteiger partial charge in [0.05, 0.1) is 6.61 Å². The van der Waals surface area contributed by atoms with Crippen LogP contribution in [0.25, 0.3) is 0 Å². The number of carbonyl (C=O) groups excluding carboxylic acids is 1. The van der Waals surface area contributed by atoms with Gasteiger partial charge < -0.3 is 9.47 Å². The Kier molecular flexibility index (Phi) is 8.48. The molecule has 0 aliphatic rings. The van der Waals surface area contributed by atoms with Gasteiger partial charge in [0, 0.05) is 13.2 Å². The molecule has 0 radical (unpaired) electrons. The second-order valence-electron chi connectivity index (χ2n) is 2.31. The number of unbranched alkanes of at least 4 members (excludes halogenated alkanes) is 1. The van der Waals surface area contributed by atoms with Crippen LogP contribution in [-0.2, 0) is 9.47 Å². The lowest BCUT2D eigenvalue weighted by Gasteiger charge is -2.08. The molecule has 0 N–H and O–H groups in total. The molecule has 0 saturated heterocycles. The molecule has 0 bridgehead atoms. The topological polar surface area (TPSA) is 38.8 Å². The van der Waals surface area contributed by atoms with E-state index in [-0.39, 0.29) is 0 Å². The zero-order chi connectivity index (χ0) is 10.1. The number of carbonyl (C=O) groups is 1. The summed E-state index contributed by atoms with van der Waals surface area (Å²) in [7, 11) is 0. The second kappa shape index (κ2) is 8.52.